The number of esters is 1. The number of amidine groups is 1. The quantitative estimate of drug-likeness (QED) is 0.773. The van der Waals surface area contributed by atoms with E-state index in [-0.39, 0.29) is 5.97 Å². The van der Waals surface area contributed by atoms with Crippen molar-refractivity contribution in [3.8, 4) is 0 Å². The van der Waals surface area contributed by atoms with Crippen LogP contribution in [0.15, 0.2) is 29.3 Å². The van der Waals surface area contributed by atoms with Crippen molar-refractivity contribution in [2.24, 2.45) is 4.99 Å². The molecule has 1 N–H and O–H groups in total. The average molecular weight is 218 g/mol. The van der Waals surface area contributed by atoms with E-state index in [1.807, 2.05) is 12.1 Å². The van der Waals surface area contributed by atoms with Crippen LogP contribution >= 0.6 is 0 Å². The van der Waals surface area contributed by atoms with E-state index in [1.54, 1.807) is 12.1 Å². The summed E-state index contributed by atoms with van der Waals surface area (Å²) in [6, 6.07) is 7.19. The number of hydrogen-bond donors (Lipinski definition) is 1. The van der Waals surface area contributed by atoms with Crippen LogP contribution in [-0.2, 0) is 4.74 Å². The molecule has 1 heterocycles. The molecule has 0 atom stereocenters. The van der Waals surface area contributed by atoms with E-state index in [0.29, 0.717) is 5.56 Å². The lowest BCUT2D eigenvalue weighted by molar-refractivity contribution is 0.0601. The molecular formula is C12H14N2O2. The zero-order valence-electron chi connectivity index (χ0n) is 9.19. The molecule has 0 saturated heterocycles. The van der Waals surface area contributed by atoms with Crippen LogP contribution < -0.4 is 5.32 Å². The Kier molecular flexibility index (Phi) is 3.19. The number of carbonyl (C=O) groups excluding carboxylic acids is 1. The van der Waals surface area contributed by atoms with Crippen molar-refractivity contribution in [3.63, 3.8) is 0 Å². The fourth-order valence-electron chi connectivity index (χ4n) is 1.62. The Bertz CT molecular complexity index is 410. The fraction of sp³-hybridized carbons (Fsp3) is 0.333. The third-order valence-corrected chi connectivity index (χ3v) is 2.47. The molecule has 0 unspecified atom stereocenters. The van der Waals surface area contributed by atoms with Crippen molar-refractivity contribution in [1.82, 2.24) is 0 Å². The SMILES string of the molecule is COC(=O)c1ccc(NC2=NCCC2)cc1. The van der Waals surface area contributed by atoms with Gasteiger partial charge in [0.1, 0.15) is 5.84 Å². The summed E-state index contributed by atoms with van der Waals surface area (Å²) in [4.78, 5) is 15.5. The number of ether oxygens (including phenoxy) is 1. The van der Waals surface area contributed by atoms with Gasteiger partial charge in [-0.1, -0.05) is 0 Å². The molecule has 0 spiro atoms. The third kappa shape index (κ3) is 2.39. The molecule has 0 fully saturated rings. The summed E-state index contributed by atoms with van der Waals surface area (Å²) in [5.41, 5.74) is 1.51. The maximum Gasteiger partial charge on any atom is 0.337 e. The molecule has 0 radical (unpaired) electrons. The van der Waals surface area contributed by atoms with E-state index in [0.717, 1.165) is 30.9 Å². The van der Waals surface area contributed by atoms with Crippen molar-refractivity contribution in [2.45, 2.75) is 12.8 Å². The summed E-state index contributed by atoms with van der Waals surface area (Å²) < 4.78 is 4.63. The highest BCUT2D eigenvalue weighted by atomic mass is 16.5. The molecule has 0 bridgehead atoms. The van der Waals surface area contributed by atoms with Gasteiger partial charge in [0.15, 0.2) is 0 Å². The molecular weight excluding hydrogens is 204 g/mol. The van der Waals surface area contributed by atoms with Crippen molar-refractivity contribution >= 4 is 17.5 Å². The Morgan fingerprint density at radius 3 is 2.69 bits per heavy atom. The van der Waals surface area contributed by atoms with E-state index in [1.165, 1.54) is 7.11 Å². The Labute approximate surface area is 94.3 Å². The van der Waals surface area contributed by atoms with Crippen LogP contribution in [0.25, 0.3) is 0 Å². The molecule has 0 amide bonds. The topological polar surface area (TPSA) is 50.7 Å². The average Bonchev–Trinajstić information content (AvgIpc) is 2.82. The Morgan fingerprint density at radius 1 is 1.38 bits per heavy atom. The van der Waals surface area contributed by atoms with Gasteiger partial charge in [0.05, 0.1) is 12.7 Å². The summed E-state index contributed by atoms with van der Waals surface area (Å²) >= 11 is 0. The fourth-order valence-corrected chi connectivity index (χ4v) is 1.62. The Morgan fingerprint density at radius 2 is 2.12 bits per heavy atom. The van der Waals surface area contributed by atoms with Crippen molar-refractivity contribution in [1.29, 1.82) is 0 Å². The zero-order valence-corrected chi connectivity index (χ0v) is 9.19. The molecule has 4 heteroatoms. The van der Waals surface area contributed by atoms with Crippen LogP contribution in [0, 0.1) is 0 Å². The number of aliphatic imine (C=N–C) groups is 1. The van der Waals surface area contributed by atoms with Gasteiger partial charge in [0.25, 0.3) is 0 Å². The molecule has 2 rings (SSSR count). The highest BCUT2D eigenvalue weighted by Crippen LogP contribution is 2.13. The first kappa shape index (κ1) is 10.7. The maximum atomic E-state index is 11.2. The van der Waals surface area contributed by atoms with Gasteiger partial charge in [-0.3, -0.25) is 4.99 Å². The molecule has 16 heavy (non-hydrogen) atoms. The first-order chi connectivity index (χ1) is 7.79. The number of benzene rings is 1. The molecule has 1 aliphatic rings. The molecule has 1 aromatic carbocycles. The number of anilines is 1. The van der Waals surface area contributed by atoms with Gasteiger partial charge in [-0.05, 0) is 30.7 Å². The summed E-state index contributed by atoms with van der Waals surface area (Å²) in [7, 11) is 1.38. The normalized spacial score (nSPS) is 14.4. The van der Waals surface area contributed by atoms with Crippen LogP contribution in [0.3, 0.4) is 0 Å². The number of carbonyl (C=O) groups is 1. The first-order valence-corrected chi connectivity index (χ1v) is 5.28. The van der Waals surface area contributed by atoms with E-state index in [9.17, 15) is 4.79 Å². The molecule has 0 saturated carbocycles. The molecule has 0 aliphatic carbocycles. The highest BCUT2D eigenvalue weighted by molar-refractivity contribution is 5.97. The smallest absolute Gasteiger partial charge is 0.337 e. The number of methoxy groups -OCH3 is 1. The predicted octanol–water partition coefficient (Wildman–Crippen LogP) is 2.08. The lowest BCUT2D eigenvalue weighted by atomic mass is 10.2. The Balaban J connectivity index is 2.04. The summed E-state index contributed by atoms with van der Waals surface area (Å²) in [5.74, 6) is 0.704. The van der Waals surface area contributed by atoms with E-state index >= 15 is 0 Å². The van der Waals surface area contributed by atoms with Gasteiger partial charge in [-0.25, -0.2) is 4.79 Å². The second-order valence-corrected chi connectivity index (χ2v) is 3.63. The number of hydrogen-bond acceptors (Lipinski definition) is 4. The maximum absolute atomic E-state index is 11.2. The van der Waals surface area contributed by atoms with Crippen molar-refractivity contribution in [2.75, 3.05) is 19.0 Å². The van der Waals surface area contributed by atoms with Crippen molar-refractivity contribution in [3.05, 3.63) is 29.8 Å². The first-order valence-electron chi connectivity index (χ1n) is 5.28. The van der Waals surface area contributed by atoms with Crippen molar-refractivity contribution < 1.29 is 9.53 Å². The van der Waals surface area contributed by atoms with Crippen LogP contribution in [0.4, 0.5) is 5.69 Å². The summed E-state index contributed by atoms with van der Waals surface area (Å²) in [5, 5.41) is 3.22. The van der Waals surface area contributed by atoms with Crippen LogP contribution in [-0.4, -0.2) is 25.5 Å². The molecule has 84 valence electrons. The van der Waals surface area contributed by atoms with E-state index < -0.39 is 0 Å². The highest BCUT2D eigenvalue weighted by Gasteiger charge is 2.07. The lowest BCUT2D eigenvalue weighted by Crippen LogP contribution is -2.08. The van der Waals surface area contributed by atoms with Gasteiger partial charge < -0.3 is 10.1 Å². The van der Waals surface area contributed by atoms with Gasteiger partial charge in [-0.2, -0.15) is 0 Å². The number of nitrogens with zero attached hydrogens (tertiary/aromatic N) is 1. The van der Waals surface area contributed by atoms with Gasteiger partial charge >= 0.3 is 5.97 Å². The minimum atomic E-state index is -0.315. The molecule has 4 nitrogen and oxygen atoms in total. The van der Waals surface area contributed by atoms with Gasteiger partial charge in [-0.15, -0.1) is 0 Å². The second kappa shape index (κ2) is 4.79. The predicted molar refractivity (Wildman–Crippen MR) is 62.9 cm³/mol. The minimum Gasteiger partial charge on any atom is -0.465 e. The largest absolute Gasteiger partial charge is 0.465 e. The van der Waals surface area contributed by atoms with Crippen LogP contribution in [0.5, 0.6) is 0 Å². The van der Waals surface area contributed by atoms with Gasteiger partial charge in [0, 0.05) is 18.7 Å². The second-order valence-electron chi connectivity index (χ2n) is 3.63. The Hall–Kier alpha value is -1.84. The molecule has 1 aromatic rings. The lowest BCUT2D eigenvalue weighted by Gasteiger charge is -2.06. The number of nitrogens with one attached hydrogen (secondary N) is 1. The number of rotatable bonds is 2. The monoisotopic (exact) mass is 218 g/mol. The summed E-state index contributed by atoms with van der Waals surface area (Å²) in [6.07, 6.45) is 2.11. The summed E-state index contributed by atoms with van der Waals surface area (Å²) in [6.45, 7) is 0.905. The van der Waals surface area contributed by atoms with E-state index in [2.05, 4.69) is 15.0 Å². The standard InChI is InChI=1S/C12H14N2O2/c1-16-12(15)9-4-6-10(7-5-9)14-11-3-2-8-13-11/h4-7H,2-3,8H2,1H3,(H,13,14). The zero-order chi connectivity index (χ0) is 11.4. The van der Waals surface area contributed by atoms with Gasteiger partial charge in [0.2, 0.25) is 0 Å². The minimum absolute atomic E-state index is 0.315. The third-order valence-electron chi connectivity index (χ3n) is 2.47. The van der Waals surface area contributed by atoms with Crippen LogP contribution in [0.1, 0.15) is 23.2 Å². The molecule has 0 aromatic heterocycles. The van der Waals surface area contributed by atoms with E-state index in [4.69, 9.17) is 0 Å². The van der Waals surface area contributed by atoms with Crippen LogP contribution in [0.2, 0.25) is 0 Å². The molecule has 1 aliphatic heterocycles.